The monoisotopic (exact) mass is 343 g/mol. The molecule has 0 radical (unpaired) electrons. The number of aromatic nitrogens is 4. The van der Waals surface area contributed by atoms with Crippen molar-refractivity contribution in [3.05, 3.63) is 72.4 Å². The van der Waals surface area contributed by atoms with E-state index in [1.807, 2.05) is 24.7 Å². The number of pyridine rings is 1. The van der Waals surface area contributed by atoms with Gasteiger partial charge in [0.1, 0.15) is 5.82 Å². The zero-order chi connectivity index (χ0) is 17.7. The molecule has 6 heteroatoms. The van der Waals surface area contributed by atoms with E-state index < -0.39 is 0 Å². The minimum absolute atomic E-state index is 0.265. The largest absolute Gasteiger partial charge is 0.362 e. The predicted octanol–water partition coefficient (Wildman–Crippen LogP) is 4.89. The second-order valence-corrected chi connectivity index (χ2v) is 6.46. The van der Waals surface area contributed by atoms with Gasteiger partial charge in [-0.1, -0.05) is 6.57 Å². The Labute approximate surface area is 149 Å². The van der Waals surface area contributed by atoms with Crippen molar-refractivity contribution in [2.24, 2.45) is 0 Å². The molecule has 5 rings (SSSR count). The first-order valence-corrected chi connectivity index (χ1v) is 8.42. The third-order valence-electron chi connectivity index (χ3n) is 4.73. The van der Waals surface area contributed by atoms with Crippen molar-refractivity contribution in [1.29, 1.82) is 0 Å². The summed E-state index contributed by atoms with van der Waals surface area (Å²) in [6, 6.07) is 10.8. The molecule has 0 bridgehead atoms. The van der Waals surface area contributed by atoms with Gasteiger partial charge in [0, 0.05) is 23.2 Å². The topological polar surface area (TPSA) is 39.5 Å². The van der Waals surface area contributed by atoms with Gasteiger partial charge in [-0.25, -0.2) is 18.8 Å². The quantitative estimate of drug-likeness (QED) is 0.497. The van der Waals surface area contributed by atoms with Gasteiger partial charge in [-0.05, 0) is 43.2 Å². The number of imidazole rings is 2. The number of nitrogens with zero attached hydrogens (tertiary/aromatic N) is 5. The lowest BCUT2D eigenvalue weighted by Gasteiger charge is -2.09. The van der Waals surface area contributed by atoms with E-state index in [9.17, 15) is 4.39 Å². The van der Waals surface area contributed by atoms with E-state index in [4.69, 9.17) is 6.57 Å². The van der Waals surface area contributed by atoms with Gasteiger partial charge in [-0.15, -0.1) is 0 Å². The Morgan fingerprint density at radius 1 is 1.04 bits per heavy atom. The lowest BCUT2D eigenvalue weighted by atomic mass is 10.1. The van der Waals surface area contributed by atoms with E-state index in [2.05, 4.69) is 19.4 Å². The fourth-order valence-electron chi connectivity index (χ4n) is 3.29. The van der Waals surface area contributed by atoms with Crippen LogP contribution in [0.15, 0.2) is 55.1 Å². The Kier molecular flexibility index (Phi) is 3.16. The Morgan fingerprint density at radius 2 is 1.81 bits per heavy atom. The summed E-state index contributed by atoms with van der Waals surface area (Å²) >= 11 is 0. The van der Waals surface area contributed by atoms with Crippen molar-refractivity contribution >= 4 is 11.5 Å². The first kappa shape index (κ1) is 14.8. The average Bonchev–Trinajstić information content (AvgIpc) is 3.28. The van der Waals surface area contributed by atoms with Gasteiger partial charge in [-0.3, -0.25) is 0 Å². The van der Waals surface area contributed by atoms with E-state index in [0.717, 1.165) is 41.0 Å². The Balaban J connectivity index is 1.74. The van der Waals surface area contributed by atoms with Crippen molar-refractivity contribution in [2.75, 3.05) is 0 Å². The molecule has 0 unspecified atom stereocenters. The Morgan fingerprint density at radius 3 is 2.54 bits per heavy atom. The smallest absolute Gasteiger partial charge is 0.254 e. The highest BCUT2D eigenvalue weighted by Gasteiger charge is 2.28. The maximum absolute atomic E-state index is 13.3. The lowest BCUT2D eigenvalue weighted by Crippen LogP contribution is -1.97. The lowest BCUT2D eigenvalue weighted by molar-refractivity contribution is 0.628. The van der Waals surface area contributed by atoms with Crippen LogP contribution in [-0.2, 0) is 0 Å². The fourth-order valence-corrected chi connectivity index (χ4v) is 3.29. The molecular formula is C20H14FN5. The molecule has 0 N–H and O–H groups in total. The fraction of sp³-hybridized carbons (Fsp3) is 0.150. The van der Waals surface area contributed by atoms with Crippen LogP contribution in [-0.4, -0.2) is 18.9 Å². The van der Waals surface area contributed by atoms with Gasteiger partial charge in [0.25, 0.3) is 5.82 Å². The summed E-state index contributed by atoms with van der Waals surface area (Å²) < 4.78 is 17.3. The van der Waals surface area contributed by atoms with E-state index in [-0.39, 0.29) is 5.82 Å². The summed E-state index contributed by atoms with van der Waals surface area (Å²) in [4.78, 5) is 12.4. The molecule has 5 nitrogen and oxygen atoms in total. The van der Waals surface area contributed by atoms with Gasteiger partial charge in [-0.2, -0.15) is 0 Å². The van der Waals surface area contributed by atoms with Crippen molar-refractivity contribution in [3.8, 4) is 22.5 Å². The summed E-state index contributed by atoms with van der Waals surface area (Å²) in [6.07, 6.45) is 7.63. The molecule has 3 aromatic heterocycles. The zero-order valence-electron chi connectivity index (χ0n) is 13.8. The highest BCUT2D eigenvalue weighted by atomic mass is 19.1. The van der Waals surface area contributed by atoms with Crippen LogP contribution in [0.5, 0.6) is 0 Å². The molecule has 0 spiro atoms. The van der Waals surface area contributed by atoms with E-state index in [1.54, 1.807) is 22.7 Å². The number of benzene rings is 1. The Hall–Kier alpha value is -3.46. The van der Waals surface area contributed by atoms with Crippen LogP contribution in [0.2, 0.25) is 0 Å². The maximum Gasteiger partial charge on any atom is 0.254 e. The van der Waals surface area contributed by atoms with Crippen molar-refractivity contribution in [3.63, 3.8) is 0 Å². The predicted molar refractivity (Wildman–Crippen MR) is 96.3 cm³/mol. The summed E-state index contributed by atoms with van der Waals surface area (Å²) in [5, 5.41) is 0. The van der Waals surface area contributed by atoms with Crippen molar-refractivity contribution < 1.29 is 4.39 Å². The first-order valence-electron chi connectivity index (χ1n) is 8.42. The SMILES string of the molecule is [C-]#[N+]c1cnc2ccc(-c3c(-c4ccc(F)cc4)ncn3C3CC3)cn12. The summed E-state index contributed by atoms with van der Waals surface area (Å²) in [7, 11) is 0. The number of halogens is 1. The third-order valence-corrected chi connectivity index (χ3v) is 4.73. The summed E-state index contributed by atoms with van der Waals surface area (Å²) in [6.45, 7) is 7.32. The van der Waals surface area contributed by atoms with E-state index >= 15 is 0 Å². The molecule has 0 aliphatic heterocycles. The molecule has 1 aliphatic rings. The number of rotatable bonds is 3. The van der Waals surface area contributed by atoms with Crippen LogP contribution < -0.4 is 0 Å². The van der Waals surface area contributed by atoms with Gasteiger partial charge >= 0.3 is 0 Å². The molecule has 0 atom stereocenters. The first-order chi connectivity index (χ1) is 12.7. The molecule has 1 fully saturated rings. The molecular weight excluding hydrogens is 329 g/mol. The number of hydrogen-bond donors (Lipinski definition) is 0. The molecule has 126 valence electrons. The highest BCUT2D eigenvalue weighted by Crippen LogP contribution is 2.42. The van der Waals surface area contributed by atoms with Gasteiger partial charge in [0.15, 0.2) is 0 Å². The van der Waals surface area contributed by atoms with Crippen LogP contribution in [0.4, 0.5) is 10.2 Å². The minimum Gasteiger partial charge on any atom is -0.362 e. The van der Waals surface area contributed by atoms with Crippen LogP contribution in [0.1, 0.15) is 18.9 Å². The second-order valence-electron chi connectivity index (χ2n) is 6.46. The van der Waals surface area contributed by atoms with Crippen LogP contribution in [0, 0.1) is 12.4 Å². The second kappa shape index (κ2) is 5.53. The molecule has 1 aromatic carbocycles. The van der Waals surface area contributed by atoms with Gasteiger partial charge in [0.05, 0.1) is 30.1 Å². The van der Waals surface area contributed by atoms with E-state index in [1.165, 1.54) is 12.1 Å². The van der Waals surface area contributed by atoms with Gasteiger partial charge < -0.3 is 9.41 Å². The zero-order valence-corrected chi connectivity index (χ0v) is 13.8. The molecule has 1 saturated carbocycles. The van der Waals surface area contributed by atoms with Crippen molar-refractivity contribution in [1.82, 2.24) is 18.9 Å². The Bertz CT molecular complexity index is 1160. The van der Waals surface area contributed by atoms with Crippen LogP contribution in [0.3, 0.4) is 0 Å². The third kappa shape index (κ3) is 2.29. The highest BCUT2D eigenvalue weighted by molar-refractivity contribution is 5.79. The van der Waals surface area contributed by atoms with Gasteiger partial charge in [0.2, 0.25) is 5.65 Å². The number of fused-ring (bicyclic) bond motifs is 1. The molecule has 4 aromatic rings. The standard InChI is InChI=1S/C20H14FN5/c1-22-18-10-23-17-9-4-14(11-25(17)18)20-19(13-2-5-15(21)6-3-13)24-12-26(20)16-7-8-16/h2-6,9-12,16H,7-8H2. The molecule has 0 amide bonds. The van der Waals surface area contributed by atoms with Crippen molar-refractivity contribution in [2.45, 2.75) is 18.9 Å². The molecule has 1 aliphatic carbocycles. The summed E-state index contributed by atoms with van der Waals surface area (Å²) in [5.41, 5.74) is 4.38. The minimum atomic E-state index is -0.265. The number of hydrogen-bond acceptors (Lipinski definition) is 2. The average molecular weight is 343 g/mol. The maximum atomic E-state index is 13.3. The molecule has 26 heavy (non-hydrogen) atoms. The normalized spacial score (nSPS) is 13.8. The molecule has 0 saturated heterocycles. The van der Waals surface area contributed by atoms with Crippen LogP contribution in [0.25, 0.3) is 33.0 Å². The van der Waals surface area contributed by atoms with Crippen LogP contribution >= 0.6 is 0 Å². The molecule has 3 heterocycles. The summed E-state index contributed by atoms with van der Waals surface area (Å²) in [5.74, 6) is 0.209. The van der Waals surface area contributed by atoms with E-state index in [0.29, 0.717) is 11.9 Å².